The number of nitrogens with zero attached hydrogens (tertiary/aromatic N) is 1. The Labute approximate surface area is 86.6 Å². The lowest BCUT2D eigenvalue weighted by molar-refractivity contribution is -0.0695. The van der Waals surface area contributed by atoms with Gasteiger partial charge in [0.25, 0.3) is 0 Å². The fourth-order valence-corrected chi connectivity index (χ4v) is 2.67. The van der Waals surface area contributed by atoms with Crippen LogP contribution in [-0.4, -0.2) is 43.3 Å². The number of ether oxygens (including phenoxy) is 1. The van der Waals surface area contributed by atoms with Crippen molar-refractivity contribution < 1.29 is 4.74 Å². The summed E-state index contributed by atoms with van der Waals surface area (Å²) in [6.45, 7) is 5.30. The van der Waals surface area contributed by atoms with E-state index in [0.29, 0.717) is 0 Å². The van der Waals surface area contributed by atoms with E-state index < -0.39 is 0 Å². The average Bonchev–Trinajstić information content (AvgIpc) is 2.60. The topological polar surface area (TPSA) is 38.5 Å². The Kier molecular flexibility index (Phi) is 3.42. The fraction of sp³-hybridized carbons (Fsp3) is 1.00. The van der Waals surface area contributed by atoms with E-state index in [1.165, 1.54) is 32.2 Å². The van der Waals surface area contributed by atoms with Crippen molar-refractivity contribution in [3.63, 3.8) is 0 Å². The van der Waals surface area contributed by atoms with Crippen molar-refractivity contribution in [2.45, 2.75) is 37.7 Å². The van der Waals surface area contributed by atoms with Crippen molar-refractivity contribution in [1.82, 2.24) is 4.90 Å². The second kappa shape index (κ2) is 4.60. The summed E-state index contributed by atoms with van der Waals surface area (Å²) in [6.07, 6.45) is 6.23. The molecule has 0 aliphatic carbocycles. The highest BCUT2D eigenvalue weighted by Crippen LogP contribution is 2.33. The highest BCUT2D eigenvalue weighted by Gasteiger charge is 2.39. The minimum atomic E-state index is 0.229. The number of hydrogen-bond acceptors (Lipinski definition) is 3. The minimum Gasteiger partial charge on any atom is -0.374 e. The molecule has 2 aliphatic rings. The van der Waals surface area contributed by atoms with Gasteiger partial charge in [0.05, 0.1) is 5.60 Å². The van der Waals surface area contributed by atoms with Crippen LogP contribution in [0.15, 0.2) is 0 Å². The van der Waals surface area contributed by atoms with E-state index in [-0.39, 0.29) is 5.60 Å². The van der Waals surface area contributed by atoms with E-state index in [0.717, 1.165) is 32.7 Å². The van der Waals surface area contributed by atoms with Crippen molar-refractivity contribution in [1.29, 1.82) is 0 Å². The van der Waals surface area contributed by atoms with Crippen molar-refractivity contribution in [2.24, 2.45) is 5.73 Å². The summed E-state index contributed by atoms with van der Waals surface area (Å²) >= 11 is 0. The summed E-state index contributed by atoms with van der Waals surface area (Å²) in [5.41, 5.74) is 5.75. The Morgan fingerprint density at radius 2 is 2.21 bits per heavy atom. The maximum absolute atomic E-state index is 5.96. The summed E-state index contributed by atoms with van der Waals surface area (Å²) in [7, 11) is 0. The first-order valence-electron chi connectivity index (χ1n) is 5.91. The molecule has 0 saturated carbocycles. The molecule has 0 bridgehead atoms. The van der Waals surface area contributed by atoms with E-state index in [1.54, 1.807) is 0 Å². The molecule has 0 radical (unpaired) electrons. The number of rotatable bonds is 3. The molecule has 1 spiro atoms. The van der Waals surface area contributed by atoms with E-state index in [1.807, 2.05) is 0 Å². The van der Waals surface area contributed by atoms with Crippen LogP contribution in [0, 0.1) is 0 Å². The number of likely N-dealkylation sites (tertiary alicyclic amines) is 1. The van der Waals surface area contributed by atoms with E-state index in [4.69, 9.17) is 10.5 Å². The molecule has 0 aromatic heterocycles. The molecule has 1 atom stereocenters. The Bertz CT molecular complexity index is 178. The van der Waals surface area contributed by atoms with Gasteiger partial charge in [-0.25, -0.2) is 0 Å². The lowest BCUT2D eigenvalue weighted by atomic mass is 9.93. The molecule has 0 unspecified atom stereocenters. The number of nitrogens with two attached hydrogens (primary N) is 1. The molecular weight excluding hydrogens is 176 g/mol. The third kappa shape index (κ3) is 2.27. The first kappa shape index (κ1) is 10.4. The standard InChI is InChI=1S/C11H22N2O/c12-6-3-7-13-8-5-11(10-13)4-1-2-9-14-11/h1-10,12H2/t11-/m1/s1. The van der Waals surface area contributed by atoms with E-state index in [2.05, 4.69) is 4.90 Å². The van der Waals surface area contributed by atoms with Crippen LogP contribution in [-0.2, 0) is 4.74 Å². The molecule has 2 heterocycles. The smallest absolute Gasteiger partial charge is 0.0820 e. The van der Waals surface area contributed by atoms with E-state index in [9.17, 15) is 0 Å². The molecule has 2 aliphatic heterocycles. The van der Waals surface area contributed by atoms with Gasteiger partial charge in [0.2, 0.25) is 0 Å². The van der Waals surface area contributed by atoms with Crippen LogP contribution in [0.1, 0.15) is 32.1 Å². The summed E-state index contributed by atoms with van der Waals surface area (Å²) in [5, 5.41) is 0. The molecule has 2 fully saturated rings. The van der Waals surface area contributed by atoms with Gasteiger partial charge in [-0.2, -0.15) is 0 Å². The van der Waals surface area contributed by atoms with Gasteiger partial charge in [-0.05, 0) is 45.2 Å². The summed E-state index contributed by atoms with van der Waals surface area (Å²) < 4.78 is 5.96. The van der Waals surface area contributed by atoms with Crippen LogP contribution >= 0.6 is 0 Å². The molecule has 3 nitrogen and oxygen atoms in total. The molecule has 2 saturated heterocycles. The van der Waals surface area contributed by atoms with Crippen LogP contribution in [0.2, 0.25) is 0 Å². The lowest BCUT2D eigenvalue weighted by Crippen LogP contribution is -2.39. The first-order valence-corrected chi connectivity index (χ1v) is 5.91. The second-order valence-corrected chi connectivity index (χ2v) is 4.66. The zero-order valence-electron chi connectivity index (χ0n) is 9.00. The maximum atomic E-state index is 5.96. The van der Waals surface area contributed by atoms with Gasteiger partial charge < -0.3 is 15.4 Å². The van der Waals surface area contributed by atoms with Gasteiger partial charge in [0.15, 0.2) is 0 Å². The average molecular weight is 198 g/mol. The van der Waals surface area contributed by atoms with Crippen LogP contribution in [0.25, 0.3) is 0 Å². The van der Waals surface area contributed by atoms with Crippen LogP contribution < -0.4 is 5.73 Å². The predicted octanol–water partition coefficient (Wildman–Crippen LogP) is 0.980. The largest absolute Gasteiger partial charge is 0.374 e. The normalized spacial score (nSPS) is 34.1. The molecule has 0 aromatic carbocycles. The lowest BCUT2D eigenvalue weighted by Gasteiger charge is -2.33. The van der Waals surface area contributed by atoms with Crippen LogP contribution in [0.5, 0.6) is 0 Å². The molecule has 3 heteroatoms. The molecule has 2 rings (SSSR count). The Morgan fingerprint density at radius 3 is 2.93 bits per heavy atom. The third-order valence-corrected chi connectivity index (χ3v) is 3.51. The van der Waals surface area contributed by atoms with Crippen molar-refractivity contribution in [2.75, 3.05) is 32.8 Å². The van der Waals surface area contributed by atoms with E-state index >= 15 is 0 Å². The quantitative estimate of drug-likeness (QED) is 0.734. The van der Waals surface area contributed by atoms with Crippen molar-refractivity contribution in [3.8, 4) is 0 Å². The molecule has 0 amide bonds. The van der Waals surface area contributed by atoms with Crippen molar-refractivity contribution >= 4 is 0 Å². The first-order chi connectivity index (χ1) is 6.85. The summed E-state index contributed by atoms with van der Waals surface area (Å²) in [6, 6.07) is 0. The Hall–Kier alpha value is -0.120. The van der Waals surface area contributed by atoms with Gasteiger partial charge in [-0.3, -0.25) is 0 Å². The molecule has 82 valence electrons. The molecule has 14 heavy (non-hydrogen) atoms. The van der Waals surface area contributed by atoms with Crippen LogP contribution in [0.4, 0.5) is 0 Å². The Balaban J connectivity index is 1.80. The maximum Gasteiger partial charge on any atom is 0.0820 e. The monoisotopic (exact) mass is 198 g/mol. The SMILES string of the molecule is NCCCN1CC[C@]2(CCCCO2)C1. The van der Waals surface area contributed by atoms with Crippen molar-refractivity contribution in [3.05, 3.63) is 0 Å². The molecule has 0 aromatic rings. The minimum absolute atomic E-state index is 0.229. The zero-order valence-corrected chi connectivity index (χ0v) is 9.00. The molecular formula is C11H22N2O. The highest BCUT2D eigenvalue weighted by atomic mass is 16.5. The predicted molar refractivity (Wildman–Crippen MR) is 57.3 cm³/mol. The van der Waals surface area contributed by atoms with Gasteiger partial charge in [0.1, 0.15) is 0 Å². The molecule has 2 N–H and O–H groups in total. The summed E-state index contributed by atoms with van der Waals surface area (Å²) in [5.74, 6) is 0. The zero-order chi connectivity index (χ0) is 9.86. The number of hydrogen-bond donors (Lipinski definition) is 1. The second-order valence-electron chi connectivity index (χ2n) is 4.66. The van der Waals surface area contributed by atoms with Gasteiger partial charge >= 0.3 is 0 Å². The van der Waals surface area contributed by atoms with Crippen LogP contribution in [0.3, 0.4) is 0 Å². The summed E-state index contributed by atoms with van der Waals surface area (Å²) in [4.78, 5) is 2.51. The fourth-order valence-electron chi connectivity index (χ4n) is 2.67. The van der Waals surface area contributed by atoms with Gasteiger partial charge in [0, 0.05) is 19.7 Å². The van der Waals surface area contributed by atoms with Gasteiger partial charge in [-0.15, -0.1) is 0 Å². The third-order valence-electron chi connectivity index (χ3n) is 3.51. The Morgan fingerprint density at radius 1 is 1.29 bits per heavy atom. The highest BCUT2D eigenvalue weighted by molar-refractivity contribution is 4.93. The van der Waals surface area contributed by atoms with Gasteiger partial charge in [-0.1, -0.05) is 0 Å².